The van der Waals surface area contributed by atoms with Crippen LogP contribution in [0.3, 0.4) is 0 Å². The van der Waals surface area contributed by atoms with Gasteiger partial charge < -0.3 is 9.15 Å². The van der Waals surface area contributed by atoms with E-state index in [0.29, 0.717) is 22.3 Å². The Kier molecular flexibility index (Phi) is 6.32. The molecule has 0 aliphatic rings. The summed E-state index contributed by atoms with van der Waals surface area (Å²) in [5.74, 6) is 1.43. The number of halogens is 2. The lowest BCUT2D eigenvalue weighted by Gasteiger charge is -2.07. The number of rotatable bonds is 6. The highest BCUT2D eigenvalue weighted by Crippen LogP contribution is 2.25. The Hall–Kier alpha value is -2.57. The molecule has 3 rings (SSSR count). The number of amides is 1. The van der Waals surface area contributed by atoms with E-state index in [-0.39, 0.29) is 12.5 Å². The number of furan rings is 1. The highest BCUT2D eigenvalue weighted by molar-refractivity contribution is 9.10. The molecule has 0 aliphatic carbocycles. The Bertz CT molecular complexity index is 968. The summed E-state index contributed by atoms with van der Waals surface area (Å²) in [7, 11) is 0. The molecule has 1 N–H and O–H groups in total. The molecule has 138 valence electrons. The van der Waals surface area contributed by atoms with Crippen LogP contribution in [-0.4, -0.2) is 18.7 Å². The van der Waals surface area contributed by atoms with Crippen molar-refractivity contribution in [2.24, 2.45) is 5.10 Å². The Morgan fingerprint density at radius 2 is 2.00 bits per heavy atom. The Morgan fingerprint density at radius 1 is 1.22 bits per heavy atom. The van der Waals surface area contributed by atoms with Crippen molar-refractivity contribution >= 4 is 39.7 Å². The predicted octanol–water partition coefficient (Wildman–Crippen LogP) is 5.20. The normalized spacial score (nSPS) is 10.9. The average molecular weight is 448 g/mol. The molecule has 0 bridgehead atoms. The topological polar surface area (TPSA) is 63.8 Å². The third-order valence-electron chi connectivity index (χ3n) is 3.58. The van der Waals surface area contributed by atoms with Gasteiger partial charge in [0.1, 0.15) is 17.3 Å². The number of carbonyl (C=O) groups excluding carboxylic acids is 1. The van der Waals surface area contributed by atoms with E-state index >= 15 is 0 Å². The van der Waals surface area contributed by atoms with Gasteiger partial charge in [-0.2, -0.15) is 5.10 Å². The van der Waals surface area contributed by atoms with Crippen LogP contribution in [0.4, 0.5) is 0 Å². The van der Waals surface area contributed by atoms with E-state index in [1.807, 2.05) is 37.3 Å². The van der Waals surface area contributed by atoms with Gasteiger partial charge in [-0.3, -0.25) is 4.79 Å². The monoisotopic (exact) mass is 446 g/mol. The first-order valence-electron chi connectivity index (χ1n) is 8.08. The Balaban J connectivity index is 1.51. The van der Waals surface area contributed by atoms with Gasteiger partial charge >= 0.3 is 0 Å². The van der Waals surface area contributed by atoms with Crippen molar-refractivity contribution in [3.8, 4) is 17.1 Å². The quantitative estimate of drug-likeness (QED) is 0.417. The van der Waals surface area contributed by atoms with Crippen LogP contribution in [0, 0.1) is 6.92 Å². The van der Waals surface area contributed by atoms with Gasteiger partial charge in [-0.15, -0.1) is 0 Å². The molecule has 2 aromatic carbocycles. The van der Waals surface area contributed by atoms with Gasteiger partial charge in [-0.1, -0.05) is 17.7 Å². The molecule has 0 unspecified atom stereocenters. The zero-order chi connectivity index (χ0) is 19.2. The van der Waals surface area contributed by atoms with Crippen LogP contribution in [0.5, 0.6) is 5.75 Å². The number of carbonyl (C=O) groups is 1. The van der Waals surface area contributed by atoms with Crippen molar-refractivity contribution in [2.45, 2.75) is 6.92 Å². The van der Waals surface area contributed by atoms with Gasteiger partial charge in [0.2, 0.25) is 0 Å². The molecule has 0 spiro atoms. The van der Waals surface area contributed by atoms with Crippen LogP contribution in [0.25, 0.3) is 11.3 Å². The van der Waals surface area contributed by atoms with Gasteiger partial charge in [0.25, 0.3) is 5.91 Å². The molecule has 0 aliphatic heterocycles. The van der Waals surface area contributed by atoms with Crippen LogP contribution in [0.15, 0.2) is 68.6 Å². The van der Waals surface area contributed by atoms with Crippen molar-refractivity contribution in [1.82, 2.24) is 5.43 Å². The maximum Gasteiger partial charge on any atom is 0.277 e. The molecule has 1 aromatic heterocycles. The fourth-order valence-corrected chi connectivity index (χ4v) is 2.99. The fourth-order valence-electron chi connectivity index (χ4n) is 2.26. The van der Waals surface area contributed by atoms with Crippen molar-refractivity contribution < 1.29 is 13.9 Å². The molecule has 5 nitrogen and oxygen atoms in total. The van der Waals surface area contributed by atoms with Crippen molar-refractivity contribution in [3.63, 3.8) is 0 Å². The minimum absolute atomic E-state index is 0.146. The van der Waals surface area contributed by atoms with E-state index in [0.717, 1.165) is 15.6 Å². The zero-order valence-corrected chi connectivity index (χ0v) is 16.8. The number of nitrogens with one attached hydrogen (secondary N) is 1. The van der Waals surface area contributed by atoms with E-state index < -0.39 is 0 Å². The van der Waals surface area contributed by atoms with Gasteiger partial charge in [0.05, 0.1) is 10.7 Å². The lowest BCUT2D eigenvalue weighted by molar-refractivity contribution is -0.123. The first-order chi connectivity index (χ1) is 13.0. The number of aryl methyl sites for hydroxylation is 1. The van der Waals surface area contributed by atoms with Crippen LogP contribution >= 0.6 is 27.5 Å². The maximum absolute atomic E-state index is 11.8. The summed E-state index contributed by atoms with van der Waals surface area (Å²) >= 11 is 9.28. The SMILES string of the molecule is Cc1ccc(OCC(=O)NN=Cc2ccc(-c3ccc(Cl)cc3)o2)c(Br)c1. The third kappa shape index (κ3) is 5.45. The minimum atomic E-state index is -0.372. The highest BCUT2D eigenvalue weighted by atomic mass is 79.9. The number of hydrazone groups is 1. The van der Waals surface area contributed by atoms with Gasteiger partial charge in [-0.05, 0) is 76.9 Å². The van der Waals surface area contributed by atoms with Crippen molar-refractivity contribution in [3.05, 3.63) is 75.4 Å². The average Bonchev–Trinajstić information content (AvgIpc) is 3.10. The van der Waals surface area contributed by atoms with Crippen molar-refractivity contribution in [2.75, 3.05) is 6.61 Å². The summed E-state index contributed by atoms with van der Waals surface area (Å²) in [5, 5.41) is 4.54. The molecule has 7 heteroatoms. The second-order valence-electron chi connectivity index (χ2n) is 5.72. The Morgan fingerprint density at radius 3 is 2.74 bits per heavy atom. The summed E-state index contributed by atoms with van der Waals surface area (Å²) < 4.78 is 11.9. The van der Waals surface area contributed by atoms with E-state index in [4.69, 9.17) is 20.8 Å². The molecule has 0 radical (unpaired) electrons. The second-order valence-corrected chi connectivity index (χ2v) is 7.02. The summed E-state index contributed by atoms with van der Waals surface area (Å²) in [5.41, 5.74) is 4.40. The highest BCUT2D eigenvalue weighted by Gasteiger charge is 2.06. The smallest absolute Gasteiger partial charge is 0.277 e. The summed E-state index contributed by atoms with van der Waals surface area (Å²) in [6.45, 7) is 1.83. The number of benzene rings is 2. The minimum Gasteiger partial charge on any atom is -0.483 e. The van der Waals surface area contributed by atoms with Crippen molar-refractivity contribution in [1.29, 1.82) is 0 Å². The first kappa shape index (κ1) is 19.2. The molecule has 3 aromatic rings. The van der Waals surface area contributed by atoms with Crippen LogP contribution < -0.4 is 10.2 Å². The van der Waals surface area contributed by atoms with E-state index in [2.05, 4.69) is 26.5 Å². The summed E-state index contributed by atoms with van der Waals surface area (Å²) in [6.07, 6.45) is 1.43. The molecule has 1 amide bonds. The summed E-state index contributed by atoms with van der Waals surface area (Å²) in [6, 6.07) is 16.5. The first-order valence-corrected chi connectivity index (χ1v) is 9.25. The lowest BCUT2D eigenvalue weighted by atomic mass is 10.2. The molecular formula is C20H16BrClN2O3. The molecule has 1 heterocycles. The largest absolute Gasteiger partial charge is 0.483 e. The second kappa shape index (κ2) is 8.88. The van der Waals surface area contributed by atoms with Crippen LogP contribution in [-0.2, 0) is 4.79 Å². The predicted molar refractivity (Wildman–Crippen MR) is 109 cm³/mol. The standard InChI is InChI=1S/C20H16BrClN2O3/c1-13-2-8-19(17(21)10-13)26-12-20(25)24-23-11-16-7-9-18(27-16)14-3-5-15(22)6-4-14/h2-11H,12H2,1H3,(H,24,25). The number of hydrogen-bond donors (Lipinski definition) is 1. The molecular weight excluding hydrogens is 432 g/mol. The number of ether oxygens (including phenoxy) is 1. The maximum atomic E-state index is 11.8. The number of nitrogens with zero attached hydrogens (tertiary/aromatic N) is 1. The van der Waals surface area contributed by atoms with E-state index in [9.17, 15) is 4.79 Å². The Labute approximate surface area is 170 Å². The molecule has 0 atom stereocenters. The molecule has 0 saturated heterocycles. The van der Waals surface area contributed by atoms with E-state index in [1.54, 1.807) is 24.3 Å². The lowest BCUT2D eigenvalue weighted by Crippen LogP contribution is -2.24. The molecule has 0 saturated carbocycles. The number of hydrogen-bond acceptors (Lipinski definition) is 4. The van der Waals surface area contributed by atoms with E-state index in [1.165, 1.54) is 6.21 Å². The van der Waals surface area contributed by atoms with Gasteiger partial charge in [0.15, 0.2) is 6.61 Å². The third-order valence-corrected chi connectivity index (χ3v) is 4.45. The van der Waals surface area contributed by atoms with Gasteiger partial charge in [0, 0.05) is 10.6 Å². The molecule has 27 heavy (non-hydrogen) atoms. The fraction of sp³-hybridized carbons (Fsp3) is 0.100. The molecule has 0 fully saturated rings. The van der Waals surface area contributed by atoms with Crippen LogP contribution in [0.1, 0.15) is 11.3 Å². The zero-order valence-electron chi connectivity index (χ0n) is 14.4. The summed E-state index contributed by atoms with van der Waals surface area (Å²) in [4.78, 5) is 11.8. The van der Waals surface area contributed by atoms with Gasteiger partial charge in [-0.25, -0.2) is 5.43 Å². The van der Waals surface area contributed by atoms with Crippen LogP contribution in [0.2, 0.25) is 5.02 Å².